The van der Waals surface area contributed by atoms with Crippen LogP contribution in [0, 0.1) is 6.92 Å². The van der Waals surface area contributed by atoms with Crippen LogP contribution >= 0.6 is 0 Å². The van der Waals surface area contributed by atoms with Crippen molar-refractivity contribution < 1.29 is 8.42 Å². The molecule has 1 saturated heterocycles. The van der Waals surface area contributed by atoms with Crippen LogP contribution in [0.25, 0.3) is 0 Å². The molecule has 4 heteroatoms. The Morgan fingerprint density at radius 1 is 1.28 bits per heavy atom. The van der Waals surface area contributed by atoms with Crippen LogP contribution in [0.15, 0.2) is 41.8 Å². The van der Waals surface area contributed by atoms with E-state index in [1.807, 2.05) is 26.0 Å². The summed E-state index contributed by atoms with van der Waals surface area (Å²) in [4.78, 5) is 0.369. The third-order valence-corrected chi connectivity index (χ3v) is 5.56. The first-order chi connectivity index (χ1) is 8.46. The molecule has 0 N–H and O–H groups in total. The molecule has 98 valence electrons. The van der Waals surface area contributed by atoms with Gasteiger partial charge in [0.1, 0.15) is 0 Å². The molecule has 0 aromatic heterocycles. The summed E-state index contributed by atoms with van der Waals surface area (Å²) in [5.74, 6) is 0. The molecule has 2 atom stereocenters. The van der Waals surface area contributed by atoms with Crippen LogP contribution in [-0.2, 0) is 10.0 Å². The van der Waals surface area contributed by atoms with Gasteiger partial charge in [0.25, 0.3) is 0 Å². The molecule has 1 aromatic rings. The number of benzene rings is 1. The largest absolute Gasteiger partial charge is 0.243 e. The SMILES string of the molecule is C=C[C@@H]1CC[C@H](C)N1S(=O)(=O)c1ccc(C)cc1. The molecule has 0 saturated carbocycles. The summed E-state index contributed by atoms with van der Waals surface area (Å²) >= 11 is 0. The molecule has 3 nitrogen and oxygen atoms in total. The molecule has 1 fully saturated rings. The quantitative estimate of drug-likeness (QED) is 0.788. The minimum Gasteiger partial charge on any atom is -0.207 e. The zero-order chi connectivity index (χ0) is 13.3. The van der Waals surface area contributed by atoms with E-state index >= 15 is 0 Å². The second-order valence-electron chi connectivity index (χ2n) is 4.88. The fraction of sp³-hybridized carbons (Fsp3) is 0.429. The Morgan fingerprint density at radius 3 is 2.44 bits per heavy atom. The minimum absolute atomic E-state index is 0.0410. The van der Waals surface area contributed by atoms with E-state index in [1.54, 1.807) is 22.5 Å². The van der Waals surface area contributed by atoms with E-state index in [-0.39, 0.29) is 12.1 Å². The summed E-state index contributed by atoms with van der Waals surface area (Å²) in [5.41, 5.74) is 1.06. The predicted molar refractivity (Wildman–Crippen MR) is 72.9 cm³/mol. The first-order valence-corrected chi connectivity index (χ1v) is 7.63. The van der Waals surface area contributed by atoms with E-state index in [0.29, 0.717) is 4.90 Å². The van der Waals surface area contributed by atoms with Gasteiger partial charge >= 0.3 is 0 Å². The molecule has 1 aromatic carbocycles. The van der Waals surface area contributed by atoms with Gasteiger partial charge in [-0.2, -0.15) is 4.31 Å². The van der Waals surface area contributed by atoms with Crippen molar-refractivity contribution in [3.05, 3.63) is 42.5 Å². The Kier molecular flexibility index (Phi) is 3.59. The van der Waals surface area contributed by atoms with Crippen molar-refractivity contribution in [3.8, 4) is 0 Å². The Balaban J connectivity index is 2.41. The average molecular weight is 265 g/mol. The summed E-state index contributed by atoms with van der Waals surface area (Å²) in [7, 11) is -3.40. The van der Waals surface area contributed by atoms with Crippen molar-refractivity contribution >= 4 is 10.0 Å². The molecule has 1 heterocycles. The fourth-order valence-electron chi connectivity index (χ4n) is 2.46. The summed E-state index contributed by atoms with van der Waals surface area (Å²) in [6.07, 6.45) is 3.48. The maximum atomic E-state index is 12.6. The average Bonchev–Trinajstić information content (AvgIpc) is 2.71. The molecule has 0 bridgehead atoms. The van der Waals surface area contributed by atoms with Crippen molar-refractivity contribution in [2.45, 2.75) is 43.7 Å². The highest BCUT2D eigenvalue weighted by Gasteiger charge is 2.38. The Morgan fingerprint density at radius 2 is 1.89 bits per heavy atom. The Hall–Kier alpha value is -1.13. The molecule has 0 unspecified atom stereocenters. The highest BCUT2D eigenvalue weighted by atomic mass is 32.2. The molecule has 0 spiro atoms. The third kappa shape index (κ3) is 2.22. The highest BCUT2D eigenvalue weighted by molar-refractivity contribution is 7.89. The first-order valence-electron chi connectivity index (χ1n) is 6.19. The third-order valence-electron chi connectivity index (χ3n) is 3.51. The van der Waals surface area contributed by atoms with Crippen LogP contribution in [0.2, 0.25) is 0 Å². The molecule has 18 heavy (non-hydrogen) atoms. The van der Waals surface area contributed by atoms with Crippen molar-refractivity contribution in [3.63, 3.8) is 0 Å². The lowest BCUT2D eigenvalue weighted by Crippen LogP contribution is -2.38. The topological polar surface area (TPSA) is 37.4 Å². The standard InChI is InChI=1S/C14H19NO2S/c1-4-13-8-7-12(3)15(13)18(16,17)14-9-5-11(2)6-10-14/h4-6,9-10,12-13H,1,7-8H2,2-3H3/t12-,13+/m0/s1. The fourth-order valence-corrected chi connectivity index (χ4v) is 4.31. The molecular formula is C14H19NO2S. The van der Waals surface area contributed by atoms with Gasteiger partial charge in [0.15, 0.2) is 0 Å². The van der Waals surface area contributed by atoms with Crippen molar-refractivity contribution in [2.24, 2.45) is 0 Å². The number of hydrogen-bond acceptors (Lipinski definition) is 2. The van der Waals surface area contributed by atoms with E-state index in [4.69, 9.17) is 0 Å². The molecular weight excluding hydrogens is 246 g/mol. The van der Waals surface area contributed by atoms with Crippen molar-refractivity contribution in [1.82, 2.24) is 4.31 Å². The van der Waals surface area contributed by atoms with Gasteiger partial charge in [-0.15, -0.1) is 6.58 Å². The second-order valence-corrected chi connectivity index (χ2v) is 6.72. The van der Waals surface area contributed by atoms with Crippen LogP contribution in [0.5, 0.6) is 0 Å². The Bertz CT molecular complexity index is 533. The van der Waals surface area contributed by atoms with Crippen molar-refractivity contribution in [2.75, 3.05) is 0 Å². The second kappa shape index (κ2) is 4.86. The lowest BCUT2D eigenvalue weighted by Gasteiger charge is -2.25. The minimum atomic E-state index is -3.40. The molecule has 0 radical (unpaired) electrons. The maximum absolute atomic E-state index is 12.6. The number of nitrogens with zero attached hydrogens (tertiary/aromatic N) is 1. The summed E-state index contributed by atoms with van der Waals surface area (Å²) in [6.45, 7) is 7.64. The van der Waals surface area contributed by atoms with Crippen LogP contribution < -0.4 is 0 Å². The molecule has 1 aliphatic rings. The summed E-state index contributed by atoms with van der Waals surface area (Å²) < 4.78 is 26.8. The maximum Gasteiger partial charge on any atom is 0.243 e. The first kappa shape index (κ1) is 13.3. The van der Waals surface area contributed by atoms with Crippen LogP contribution in [-0.4, -0.2) is 24.8 Å². The van der Waals surface area contributed by atoms with Gasteiger partial charge in [0.2, 0.25) is 10.0 Å². The number of rotatable bonds is 3. The van der Waals surface area contributed by atoms with Gasteiger partial charge in [-0.1, -0.05) is 23.8 Å². The van der Waals surface area contributed by atoms with Gasteiger partial charge < -0.3 is 0 Å². The zero-order valence-corrected chi connectivity index (χ0v) is 11.7. The van der Waals surface area contributed by atoms with Gasteiger partial charge in [-0.25, -0.2) is 8.42 Å². The van der Waals surface area contributed by atoms with Gasteiger partial charge in [-0.3, -0.25) is 0 Å². The highest BCUT2D eigenvalue weighted by Crippen LogP contribution is 2.31. The smallest absolute Gasteiger partial charge is 0.207 e. The lowest BCUT2D eigenvalue weighted by molar-refractivity contribution is 0.370. The Labute approximate surface area is 109 Å². The van der Waals surface area contributed by atoms with Gasteiger partial charge in [0, 0.05) is 12.1 Å². The lowest BCUT2D eigenvalue weighted by atomic mass is 10.2. The normalized spacial score (nSPS) is 25.2. The number of sulfonamides is 1. The summed E-state index contributed by atoms with van der Waals surface area (Å²) in [5, 5.41) is 0. The van der Waals surface area contributed by atoms with E-state index < -0.39 is 10.0 Å². The van der Waals surface area contributed by atoms with Gasteiger partial charge in [-0.05, 0) is 38.8 Å². The van der Waals surface area contributed by atoms with E-state index in [9.17, 15) is 8.42 Å². The van der Waals surface area contributed by atoms with Crippen LogP contribution in [0.1, 0.15) is 25.3 Å². The van der Waals surface area contributed by atoms with Crippen LogP contribution in [0.4, 0.5) is 0 Å². The molecule has 1 aliphatic heterocycles. The molecule has 0 aliphatic carbocycles. The van der Waals surface area contributed by atoms with Crippen LogP contribution in [0.3, 0.4) is 0 Å². The number of hydrogen-bond donors (Lipinski definition) is 0. The zero-order valence-electron chi connectivity index (χ0n) is 10.8. The van der Waals surface area contributed by atoms with Crippen molar-refractivity contribution in [1.29, 1.82) is 0 Å². The van der Waals surface area contributed by atoms with E-state index in [1.165, 1.54) is 0 Å². The van der Waals surface area contributed by atoms with Gasteiger partial charge in [0.05, 0.1) is 4.90 Å². The van der Waals surface area contributed by atoms with E-state index in [0.717, 1.165) is 18.4 Å². The number of aryl methyl sites for hydroxylation is 1. The molecule has 2 rings (SSSR count). The summed E-state index contributed by atoms with van der Waals surface area (Å²) in [6, 6.07) is 6.98. The monoisotopic (exact) mass is 265 g/mol. The molecule has 0 amide bonds. The predicted octanol–water partition coefficient (Wildman–Crippen LogP) is 2.72. The van der Waals surface area contributed by atoms with E-state index in [2.05, 4.69) is 6.58 Å².